The summed E-state index contributed by atoms with van der Waals surface area (Å²) in [6.45, 7) is 1.75. The average Bonchev–Trinajstić information content (AvgIpc) is 2.76. The molecule has 8 heteroatoms. The zero-order valence-corrected chi connectivity index (χ0v) is 12.2. The van der Waals surface area contributed by atoms with Crippen molar-refractivity contribution in [2.24, 2.45) is 0 Å². The van der Waals surface area contributed by atoms with Gasteiger partial charge in [-0.05, 0) is 24.8 Å². The van der Waals surface area contributed by atoms with Gasteiger partial charge in [-0.1, -0.05) is 41.3 Å². The van der Waals surface area contributed by atoms with Gasteiger partial charge in [0.05, 0.1) is 4.90 Å². The van der Waals surface area contributed by atoms with Crippen molar-refractivity contribution in [3.63, 3.8) is 0 Å². The Kier molecular flexibility index (Phi) is 3.88. The maximum Gasteiger partial charge on any atom is 0.263 e. The number of thioether (sulfide) groups is 1. The summed E-state index contributed by atoms with van der Waals surface area (Å²) in [5.74, 6) is 0. The van der Waals surface area contributed by atoms with Crippen LogP contribution in [0.15, 0.2) is 33.5 Å². The number of benzene rings is 1. The first kappa shape index (κ1) is 13.3. The molecule has 2 rings (SSSR count). The Morgan fingerprint density at radius 2 is 2.00 bits per heavy atom. The molecule has 1 heterocycles. The lowest BCUT2D eigenvalue weighted by Crippen LogP contribution is -2.13. The number of aromatic nitrogens is 2. The zero-order valence-electron chi connectivity index (χ0n) is 9.75. The Bertz CT molecular complexity index is 652. The molecule has 1 aromatic carbocycles. The van der Waals surface area contributed by atoms with Crippen LogP contribution in [0.5, 0.6) is 0 Å². The SMILES string of the molecule is CSc1nnc(NS(=O)(=O)c2ccccc2C)s1. The second-order valence-electron chi connectivity index (χ2n) is 3.45. The monoisotopic (exact) mass is 301 g/mol. The van der Waals surface area contributed by atoms with Gasteiger partial charge in [-0.25, -0.2) is 8.42 Å². The third-order valence-electron chi connectivity index (χ3n) is 2.19. The quantitative estimate of drug-likeness (QED) is 0.878. The van der Waals surface area contributed by atoms with Crippen LogP contribution in [0.3, 0.4) is 0 Å². The van der Waals surface area contributed by atoms with Gasteiger partial charge in [-0.3, -0.25) is 4.72 Å². The average molecular weight is 301 g/mol. The van der Waals surface area contributed by atoms with E-state index in [1.54, 1.807) is 31.2 Å². The van der Waals surface area contributed by atoms with E-state index < -0.39 is 10.0 Å². The number of nitrogens with zero attached hydrogens (tertiary/aromatic N) is 2. The minimum atomic E-state index is -3.59. The molecule has 0 radical (unpaired) electrons. The predicted octanol–water partition coefficient (Wildman–Crippen LogP) is 2.37. The van der Waals surface area contributed by atoms with Crippen molar-refractivity contribution in [2.75, 3.05) is 11.0 Å². The van der Waals surface area contributed by atoms with Crippen LogP contribution in [-0.2, 0) is 10.0 Å². The Morgan fingerprint density at radius 1 is 1.28 bits per heavy atom. The molecular weight excluding hydrogens is 290 g/mol. The normalized spacial score (nSPS) is 11.4. The predicted molar refractivity (Wildman–Crippen MR) is 73.7 cm³/mol. The van der Waals surface area contributed by atoms with Crippen molar-refractivity contribution in [3.8, 4) is 0 Å². The summed E-state index contributed by atoms with van der Waals surface area (Å²) >= 11 is 2.64. The van der Waals surface area contributed by atoms with E-state index in [0.717, 1.165) is 4.34 Å². The molecule has 0 saturated heterocycles. The number of nitrogens with one attached hydrogen (secondary N) is 1. The van der Waals surface area contributed by atoms with E-state index in [4.69, 9.17) is 0 Å². The fourth-order valence-electron chi connectivity index (χ4n) is 1.36. The Labute approximate surface area is 114 Å². The van der Waals surface area contributed by atoms with E-state index in [9.17, 15) is 8.42 Å². The molecule has 0 aliphatic heterocycles. The maximum atomic E-state index is 12.1. The van der Waals surface area contributed by atoms with Crippen LogP contribution in [0.4, 0.5) is 5.13 Å². The van der Waals surface area contributed by atoms with Crippen LogP contribution in [0.25, 0.3) is 0 Å². The summed E-state index contributed by atoms with van der Waals surface area (Å²) in [5, 5.41) is 7.90. The Balaban J connectivity index is 2.30. The van der Waals surface area contributed by atoms with E-state index in [0.29, 0.717) is 5.56 Å². The molecule has 0 fully saturated rings. The molecule has 5 nitrogen and oxygen atoms in total. The van der Waals surface area contributed by atoms with Gasteiger partial charge in [0.2, 0.25) is 5.13 Å². The van der Waals surface area contributed by atoms with Gasteiger partial charge in [0, 0.05) is 0 Å². The van der Waals surface area contributed by atoms with E-state index in [-0.39, 0.29) is 10.0 Å². The highest BCUT2D eigenvalue weighted by Gasteiger charge is 2.18. The second kappa shape index (κ2) is 5.25. The van der Waals surface area contributed by atoms with E-state index >= 15 is 0 Å². The molecule has 0 saturated carbocycles. The summed E-state index contributed by atoms with van der Waals surface area (Å²) in [6, 6.07) is 6.80. The lowest BCUT2D eigenvalue weighted by molar-refractivity contribution is 0.600. The van der Waals surface area contributed by atoms with Gasteiger partial charge in [0.15, 0.2) is 4.34 Å². The van der Waals surface area contributed by atoms with Gasteiger partial charge < -0.3 is 0 Å². The molecule has 0 amide bonds. The molecule has 0 atom stereocenters. The van der Waals surface area contributed by atoms with Crippen LogP contribution in [-0.4, -0.2) is 24.9 Å². The minimum Gasteiger partial charge on any atom is -0.253 e. The molecule has 18 heavy (non-hydrogen) atoms. The molecule has 1 aromatic heterocycles. The third kappa shape index (κ3) is 2.82. The highest BCUT2D eigenvalue weighted by Crippen LogP contribution is 2.25. The molecule has 96 valence electrons. The van der Waals surface area contributed by atoms with Gasteiger partial charge in [-0.15, -0.1) is 10.2 Å². The van der Waals surface area contributed by atoms with Crippen molar-refractivity contribution in [2.45, 2.75) is 16.2 Å². The van der Waals surface area contributed by atoms with Crippen molar-refractivity contribution >= 4 is 38.3 Å². The van der Waals surface area contributed by atoms with Gasteiger partial charge in [-0.2, -0.15) is 0 Å². The molecule has 1 N–H and O–H groups in total. The molecule has 0 unspecified atom stereocenters. The lowest BCUT2D eigenvalue weighted by atomic mass is 10.2. The first-order chi connectivity index (χ1) is 8.53. The van der Waals surface area contributed by atoms with Crippen molar-refractivity contribution in [1.29, 1.82) is 0 Å². The van der Waals surface area contributed by atoms with Crippen LogP contribution < -0.4 is 4.72 Å². The summed E-state index contributed by atoms with van der Waals surface area (Å²) in [7, 11) is -3.59. The van der Waals surface area contributed by atoms with E-state index in [1.165, 1.54) is 23.1 Å². The number of hydrogen-bond acceptors (Lipinski definition) is 6. The molecule has 2 aromatic rings. The van der Waals surface area contributed by atoms with Crippen LogP contribution >= 0.6 is 23.1 Å². The number of rotatable bonds is 4. The zero-order chi connectivity index (χ0) is 13.2. The maximum absolute atomic E-state index is 12.1. The summed E-state index contributed by atoms with van der Waals surface area (Å²) in [6.07, 6.45) is 1.86. The number of anilines is 1. The summed E-state index contributed by atoms with van der Waals surface area (Å²) in [5.41, 5.74) is 0.694. The summed E-state index contributed by atoms with van der Waals surface area (Å²) in [4.78, 5) is 0.255. The largest absolute Gasteiger partial charge is 0.263 e. The van der Waals surface area contributed by atoms with Crippen molar-refractivity contribution < 1.29 is 8.42 Å². The molecular formula is C10H11N3O2S3. The standard InChI is InChI=1S/C10H11N3O2S3/c1-7-5-3-4-6-8(7)18(14,15)13-9-11-12-10(16-2)17-9/h3-6H,1-2H3,(H,11,13). The van der Waals surface area contributed by atoms with Crippen LogP contribution in [0.2, 0.25) is 0 Å². The number of aryl methyl sites for hydroxylation is 1. The fraction of sp³-hybridized carbons (Fsp3) is 0.200. The third-order valence-corrected chi connectivity index (χ3v) is 5.63. The molecule has 0 bridgehead atoms. The molecule has 0 spiro atoms. The fourth-order valence-corrected chi connectivity index (χ4v) is 4.01. The highest BCUT2D eigenvalue weighted by molar-refractivity contribution is 8.00. The van der Waals surface area contributed by atoms with Gasteiger partial charge >= 0.3 is 0 Å². The second-order valence-corrected chi connectivity index (χ2v) is 7.13. The topological polar surface area (TPSA) is 72.0 Å². The summed E-state index contributed by atoms with van der Waals surface area (Å²) < 4.78 is 27.4. The van der Waals surface area contributed by atoms with E-state index in [1.807, 2.05) is 6.26 Å². The first-order valence-electron chi connectivity index (χ1n) is 4.99. The van der Waals surface area contributed by atoms with Crippen molar-refractivity contribution in [3.05, 3.63) is 29.8 Å². The number of hydrogen-bond donors (Lipinski definition) is 1. The highest BCUT2D eigenvalue weighted by atomic mass is 32.2. The van der Waals surface area contributed by atoms with Crippen LogP contribution in [0.1, 0.15) is 5.56 Å². The van der Waals surface area contributed by atoms with E-state index in [2.05, 4.69) is 14.9 Å². The van der Waals surface area contributed by atoms with Gasteiger partial charge in [0.1, 0.15) is 0 Å². The Morgan fingerprint density at radius 3 is 2.61 bits per heavy atom. The molecule has 0 aliphatic rings. The molecule has 0 aliphatic carbocycles. The minimum absolute atomic E-state index is 0.255. The smallest absolute Gasteiger partial charge is 0.253 e. The van der Waals surface area contributed by atoms with Crippen molar-refractivity contribution in [1.82, 2.24) is 10.2 Å². The lowest BCUT2D eigenvalue weighted by Gasteiger charge is -2.06. The number of sulfonamides is 1. The Hall–Kier alpha value is -1.12. The first-order valence-corrected chi connectivity index (χ1v) is 8.51. The van der Waals surface area contributed by atoms with Gasteiger partial charge in [0.25, 0.3) is 10.0 Å². The van der Waals surface area contributed by atoms with Crippen LogP contribution in [0, 0.1) is 6.92 Å².